The van der Waals surface area contributed by atoms with Gasteiger partial charge in [0.05, 0.1) is 0 Å². The van der Waals surface area contributed by atoms with E-state index < -0.39 is 11.9 Å². The van der Waals surface area contributed by atoms with Crippen LogP contribution in [0.25, 0.3) is 0 Å². The van der Waals surface area contributed by atoms with Crippen molar-refractivity contribution in [3.8, 4) is 11.5 Å². The monoisotopic (exact) mass is 705 g/mol. The second-order valence-corrected chi connectivity index (χ2v) is 12.7. The Bertz CT molecular complexity index is 1200. The molecule has 0 saturated carbocycles. The summed E-state index contributed by atoms with van der Waals surface area (Å²) in [6.45, 7) is 12.8. The van der Waals surface area contributed by atoms with E-state index in [9.17, 15) is 19.8 Å². The number of ether oxygens (including phenoxy) is 1. The van der Waals surface area contributed by atoms with E-state index in [0.29, 0.717) is 15.6 Å². The van der Waals surface area contributed by atoms with Crippen molar-refractivity contribution < 1.29 is 24.5 Å². The Balaban J connectivity index is 2.23. The van der Waals surface area contributed by atoms with Crippen LogP contribution < -0.4 is 5.32 Å². The fourth-order valence-corrected chi connectivity index (χ4v) is 4.88. The van der Waals surface area contributed by atoms with E-state index in [0.717, 1.165) is 56.9 Å². The largest absolute Gasteiger partial charge is 0.504 e. The van der Waals surface area contributed by atoms with Crippen molar-refractivity contribution in [2.75, 3.05) is 6.61 Å². The Morgan fingerprint density at radius 3 is 1.70 bits per heavy atom. The first kappa shape index (κ1) is 38.2. The maximum atomic E-state index is 12.1. The quantitative estimate of drug-likeness (QED) is 0.0438. The molecule has 0 aromatic heterocycles. The predicted molar refractivity (Wildman–Crippen MR) is 186 cm³/mol. The molecule has 1 amide bonds. The van der Waals surface area contributed by atoms with Crippen LogP contribution in [0.5, 0.6) is 11.5 Å². The molecule has 0 saturated heterocycles. The van der Waals surface area contributed by atoms with Gasteiger partial charge in [0, 0.05) is 16.5 Å². The Morgan fingerprint density at radius 2 is 1.16 bits per heavy atom. The number of allylic oxidation sites excluding steroid dienone is 10. The zero-order chi connectivity index (χ0) is 32.2. The lowest BCUT2D eigenvalue weighted by Gasteiger charge is -2.09. The van der Waals surface area contributed by atoms with E-state index in [4.69, 9.17) is 4.74 Å². The normalized spacial score (nSPS) is 12.7. The lowest BCUT2D eigenvalue weighted by molar-refractivity contribution is -0.148. The highest BCUT2D eigenvalue weighted by Crippen LogP contribution is 2.29. The summed E-state index contributed by atoms with van der Waals surface area (Å²) in [5.74, 6) is -1.30. The van der Waals surface area contributed by atoms with E-state index in [-0.39, 0.29) is 31.1 Å². The number of halogens is 1. The van der Waals surface area contributed by atoms with Crippen LogP contribution in [0, 0.1) is 3.57 Å². The zero-order valence-corrected chi connectivity index (χ0v) is 29.2. The molecule has 0 aliphatic rings. The zero-order valence-electron chi connectivity index (χ0n) is 27.0. The van der Waals surface area contributed by atoms with E-state index >= 15 is 0 Å². The molecule has 0 aliphatic heterocycles. The molecule has 7 heteroatoms. The maximum Gasteiger partial charge on any atom is 0.306 e. The molecular weight excluding hydrogens is 653 g/mol. The molecule has 0 unspecified atom stereocenters. The first-order valence-corrected chi connectivity index (χ1v) is 16.3. The molecule has 0 radical (unpaired) electrons. The van der Waals surface area contributed by atoms with Crippen LogP contribution in [0.4, 0.5) is 0 Å². The number of carbonyl (C=O) groups is 2. The highest BCUT2D eigenvalue weighted by atomic mass is 127. The molecule has 3 N–H and O–H groups in total. The summed E-state index contributed by atoms with van der Waals surface area (Å²) < 4.78 is 5.80. The number of hydrogen-bond donors (Lipinski definition) is 3. The van der Waals surface area contributed by atoms with Gasteiger partial charge in [-0.2, -0.15) is 0 Å². The minimum atomic E-state index is -0.426. The van der Waals surface area contributed by atoms with E-state index in [1.165, 1.54) is 34.4 Å². The molecule has 0 spiro atoms. The fourth-order valence-electron chi connectivity index (χ4n) is 4.24. The van der Waals surface area contributed by atoms with Crippen molar-refractivity contribution in [2.24, 2.45) is 0 Å². The Hall–Kier alpha value is -2.81. The molecular formula is C36H52INO5. The number of unbranched alkanes of at least 4 members (excludes halogenated alkanes) is 1. The number of benzene rings is 1. The van der Waals surface area contributed by atoms with Gasteiger partial charge < -0.3 is 20.3 Å². The predicted octanol–water partition coefficient (Wildman–Crippen LogP) is 9.51. The summed E-state index contributed by atoms with van der Waals surface area (Å²) in [4.78, 5) is 24.1. The van der Waals surface area contributed by atoms with Crippen LogP contribution in [-0.4, -0.2) is 28.7 Å². The number of phenolic OH excluding ortho intramolecular Hbond substituents is 2. The van der Waals surface area contributed by atoms with Gasteiger partial charge in [0.1, 0.15) is 0 Å². The van der Waals surface area contributed by atoms with Gasteiger partial charge in [-0.3, -0.25) is 9.59 Å². The molecule has 1 rings (SSSR count). The molecule has 0 heterocycles. The Labute approximate surface area is 273 Å². The Kier molecular flexibility index (Phi) is 19.4. The van der Waals surface area contributed by atoms with Crippen LogP contribution in [0.3, 0.4) is 0 Å². The number of hydrogen-bond acceptors (Lipinski definition) is 5. The van der Waals surface area contributed by atoms with Crippen LogP contribution >= 0.6 is 22.6 Å². The third kappa shape index (κ3) is 19.2. The van der Waals surface area contributed by atoms with Crippen molar-refractivity contribution in [2.45, 2.75) is 112 Å². The second-order valence-electron chi connectivity index (χ2n) is 11.5. The number of esters is 1. The van der Waals surface area contributed by atoms with Gasteiger partial charge in [0.2, 0.25) is 0 Å². The van der Waals surface area contributed by atoms with Gasteiger partial charge in [-0.25, -0.2) is 0 Å². The molecule has 0 atom stereocenters. The summed E-state index contributed by atoms with van der Waals surface area (Å²) >= 11 is 2.01. The molecule has 238 valence electrons. The van der Waals surface area contributed by atoms with Gasteiger partial charge in [-0.05, 0) is 140 Å². The van der Waals surface area contributed by atoms with E-state index in [1.807, 2.05) is 29.5 Å². The molecule has 6 nitrogen and oxygen atoms in total. The third-order valence-corrected chi connectivity index (χ3v) is 8.02. The lowest BCUT2D eigenvalue weighted by atomic mass is 10.0. The molecule has 1 aromatic rings. The lowest BCUT2D eigenvalue weighted by Crippen LogP contribution is -2.28. The molecule has 0 fully saturated rings. The summed E-state index contributed by atoms with van der Waals surface area (Å²) in [5.41, 5.74) is 7.51. The van der Waals surface area contributed by atoms with Gasteiger partial charge in [0.15, 0.2) is 18.1 Å². The summed E-state index contributed by atoms with van der Waals surface area (Å²) in [6, 6.07) is 2.81. The summed E-state index contributed by atoms with van der Waals surface area (Å²) in [6.07, 6.45) is 21.0. The molecule has 0 bridgehead atoms. The number of amides is 1. The summed E-state index contributed by atoms with van der Waals surface area (Å²) in [5, 5.41) is 21.8. The number of aromatic hydroxyl groups is 2. The number of phenols is 2. The van der Waals surface area contributed by atoms with E-state index in [1.54, 1.807) is 0 Å². The van der Waals surface area contributed by atoms with Crippen molar-refractivity contribution in [3.05, 3.63) is 79.5 Å². The highest BCUT2D eigenvalue weighted by molar-refractivity contribution is 14.1. The van der Waals surface area contributed by atoms with Crippen LogP contribution in [0.15, 0.2) is 70.4 Å². The topological polar surface area (TPSA) is 95.9 Å². The highest BCUT2D eigenvalue weighted by Gasteiger charge is 2.11. The van der Waals surface area contributed by atoms with Gasteiger partial charge in [0.25, 0.3) is 5.91 Å². The van der Waals surface area contributed by atoms with Gasteiger partial charge in [-0.1, -0.05) is 58.2 Å². The molecule has 1 aromatic carbocycles. The third-order valence-electron chi connectivity index (χ3n) is 7.01. The van der Waals surface area contributed by atoms with Crippen molar-refractivity contribution >= 4 is 34.5 Å². The number of nitrogens with one attached hydrogen (secondary N) is 1. The smallest absolute Gasteiger partial charge is 0.306 e. The van der Waals surface area contributed by atoms with Crippen molar-refractivity contribution in [3.63, 3.8) is 0 Å². The standard InChI is InChI=1S/C36H52INO5/c1-26(2)12-9-15-29(5)18-10-16-27(3)13-7-8-14-28(4)17-11-19-30(6)20-21-36(42)43-25-35(41)38-24-31-22-33(39)34(40)23-32(31)37/h12-14,18-19,22-23,39-40H,7-11,15-17,20-21,24-25H2,1-6H3,(H,38,41)/b27-13+,28-14+,29-18+,30-19+. The minimum Gasteiger partial charge on any atom is -0.504 e. The second kappa shape index (κ2) is 21.8. The van der Waals surface area contributed by atoms with E-state index in [2.05, 4.69) is 70.3 Å². The molecule has 43 heavy (non-hydrogen) atoms. The van der Waals surface area contributed by atoms with Gasteiger partial charge in [-0.15, -0.1) is 0 Å². The van der Waals surface area contributed by atoms with Crippen LogP contribution in [-0.2, 0) is 20.9 Å². The van der Waals surface area contributed by atoms with Crippen molar-refractivity contribution in [1.29, 1.82) is 0 Å². The van der Waals surface area contributed by atoms with Crippen molar-refractivity contribution in [1.82, 2.24) is 5.32 Å². The van der Waals surface area contributed by atoms with Crippen LogP contribution in [0.2, 0.25) is 0 Å². The first-order valence-electron chi connectivity index (χ1n) is 15.3. The fraction of sp³-hybridized carbons (Fsp3) is 0.500. The first-order chi connectivity index (χ1) is 20.4. The SMILES string of the molecule is CC(C)=CCC/C(C)=C/CC/C(C)=C/CC/C=C(\C)CC/C=C(\C)CCC(=O)OCC(=O)NCc1cc(O)c(O)cc1I. The minimum absolute atomic E-state index is 0.156. The number of rotatable bonds is 19. The average Bonchev–Trinajstić information content (AvgIpc) is 2.94. The number of carbonyl (C=O) groups excluding carboxylic acids is 2. The Morgan fingerprint density at radius 1 is 0.698 bits per heavy atom. The average molecular weight is 706 g/mol. The van der Waals surface area contributed by atoms with Crippen LogP contribution in [0.1, 0.15) is 111 Å². The van der Waals surface area contributed by atoms with Gasteiger partial charge >= 0.3 is 5.97 Å². The maximum absolute atomic E-state index is 12.1. The summed E-state index contributed by atoms with van der Waals surface area (Å²) in [7, 11) is 0. The molecule has 0 aliphatic carbocycles.